The second-order valence-electron chi connectivity index (χ2n) is 3.30. The Bertz CT molecular complexity index is 629. The monoisotopic (exact) mass is 270 g/mol. The highest BCUT2D eigenvalue weighted by atomic mass is 35.5. The van der Waals surface area contributed by atoms with Gasteiger partial charge < -0.3 is 0 Å². The molecular weight excluding hydrogens is 266 g/mol. The number of hydrogen-bond donors (Lipinski definition) is 0. The van der Waals surface area contributed by atoms with E-state index in [1.807, 2.05) is 0 Å². The molecule has 0 saturated carbocycles. The van der Waals surface area contributed by atoms with Gasteiger partial charge in [0.1, 0.15) is 0 Å². The topological polar surface area (TPSA) is 36.7 Å². The van der Waals surface area contributed by atoms with Gasteiger partial charge in [-0.2, -0.15) is 5.26 Å². The fourth-order valence-electron chi connectivity index (χ4n) is 1.52. The van der Waals surface area contributed by atoms with E-state index in [4.69, 9.17) is 40.1 Å². The maximum absolute atomic E-state index is 9.04. The van der Waals surface area contributed by atoms with E-state index < -0.39 is 0 Å². The Balaban J connectivity index is 3.07. The van der Waals surface area contributed by atoms with Gasteiger partial charge in [-0.1, -0.05) is 34.8 Å². The smallest absolute Gasteiger partial charge is 0.1000 e. The molecule has 80 valence electrons. The Morgan fingerprint density at radius 1 is 1.19 bits per heavy atom. The summed E-state index contributed by atoms with van der Waals surface area (Å²) < 4.78 is 0. The fourth-order valence-corrected chi connectivity index (χ4v) is 2.27. The van der Waals surface area contributed by atoms with E-state index in [0.29, 0.717) is 37.2 Å². The van der Waals surface area contributed by atoms with Crippen LogP contribution in [0.15, 0.2) is 12.1 Å². The molecule has 0 spiro atoms. The summed E-state index contributed by atoms with van der Waals surface area (Å²) in [4.78, 5) is 4.26. The molecule has 16 heavy (non-hydrogen) atoms. The first-order valence-corrected chi connectivity index (χ1v) is 5.53. The Labute approximate surface area is 107 Å². The zero-order chi connectivity index (χ0) is 11.9. The minimum Gasteiger partial charge on any atom is -0.251 e. The van der Waals surface area contributed by atoms with Crippen molar-refractivity contribution in [1.29, 1.82) is 5.26 Å². The van der Waals surface area contributed by atoms with Gasteiger partial charge in [-0.25, -0.2) is 0 Å². The summed E-state index contributed by atoms with van der Waals surface area (Å²) in [6.07, 6.45) is 0. The summed E-state index contributed by atoms with van der Waals surface area (Å²) in [6, 6.07) is 5.25. The quantitative estimate of drug-likeness (QED) is 0.667. The molecule has 0 amide bonds. The molecule has 0 aliphatic carbocycles. The van der Waals surface area contributed by atoms with Crippen LogP contribution in [-0.2, 0) is 0 Å². The van der Waals surface area contributed by atoms with Crippen LogP contribution in [0.5, 0.6) is 0 Å². The summed E-state index contributed by atoms with van der Waals surface area (Å²) >= 11 is 18.0. The molecule has 0 saturated heterocycles. The van der Waals surface area contributed by atoms with Crippen LogP contribution in [0.3, 0.4) is 0 Å². The highest BCUT2D eigenvalue weighted by Crippen LogP contribution is 2.36. The lowest BCUT2D eigenvalue weighted by Gasteiger charge is -2.07. The second kappa shape index (κ2) is 4.10. The van der Waals surface area contributed by atoms with E-state index in [1.54, 1.807) is 13.0 Å². The number of benzene rings is 1. The van der Waals surface area contributed by atoms with Gasteiger partial charge >= 0.3 is 0 Å². The number of nitriles is 1. The van der Waals surface area contributed by atoms with E-state index in [1.165, 1.54) is 6.07 Å². The summed E-state index contributed by atoms with van der Waals surface area (Å²) in [5, 5.41) is 10.6. The van der Waals surface area contributed by atoms with Gasteiger partial charge in [0, 0.05) is 11.1 Å². The van der Waals surface area contributed by atoms with Gasteiger partial charge in [0.2, 0.25) is 0 Å². The predicted molar refractivity (Wildman–Crippen MR) is 66.2 cm³/mol. The van der Waals surface area contributed by atoms with E-state index >= 15 is 0 Å². The largest absolute Gasteiger partial charge is 0.251 e. The molecule has 0 fully saturated rings. The molecule has 1 aromatic heterocycles. The maximum atomic E-state index is 9.04. The standard InChI is InChI=1S/C11H5Cl3N2/c1-5-2-6(4-15)9-10(14)7(12)3-8(13)11(9)16-5/h2-3H,1H3. The molecule has 0 unspecified atom stereocenters. The number of nitrogens with zero attached hydrogens (tertiary/aromatic N) is 2. The van der Waals surface area contributed by atoms with Gasteiger partial charge in [0.25, 0.3) is 0 Å². The van der Waals surface area contributed by atoms with Crippen molar-refractivity contribution in [2.24, 2.45) is 0 Å². The molecule has 0 aliphatic heterocycles. The Morgan fingerprint density at radius 2 is 1.88 bits per heavy atom. The molecular formula is C11H5Cl3N2. The SMILES string of the molecule is Cc1cc(C#N)c2c(Cl)c(Cl)cc(Cl)c2n1. The van der Waals surface area contributed by atoms with Crippen LogP contribution in [0.1, 0.15) is 11.3 Å². The fraction of sp³-hybridized carbons (Fsp3) is 0.0909. The van der Waals surface area contributed by atoms with Crippen LogP contribution >= 0.6 is 34.8 Å². The first-order valence-electron chi connectivity index (χ1n) is 4.39. The number of aryl methyl sites for hydroxylation is 1. The summed E-state index contributed by atoms with van der Waals surface area (Å²) in [5.41, 5.74) is 1.65. The molecule has 2 aromatic rings. The molecule has 0 radical (unpaired) electrons. The van der Waals surface area contributed by atoms with Crippen molar-refractivity contribution < 1.29 is 0 Å². The van der Waals surface area contributed by atoms with Crippen LogP contribution < -0.4 is 0 Å². The molecule has 0 bridgehead atoms. The van der Waals surface area contributed by atoms with Crippen molar-refractivity contribution in [3.8, 4) is 6.07 Å². The summed E-state index contributed by atoms with van der Waals surface area (Å²) in [7, 11) is 0. The number of rotatable bonds is 0. The molecule has 1 aromatic carbocycles. The van der Waals surface area contributed by atoms with Crippen LogP contribution in [0.4, 0.5) is 0 Å². The molecule has 1 heterocycles. The first kappa shape index (κ1) is 11.5. The zero-order valence-electron chi connectivity index (χ0n) is 8.18. The van der Waals surface area contributed by atoms with Crippen molar-refractivity contribution in [3.05, 3.63) is 38.5 Å². The third-order valence-corrected chi connectivity index (χ3v) is 3.25. The highest BCUT2D eigenvalue weighted by molar-refractivity contribution is 6.47. The average molecular weight is 272 g/mol. The normalized spacial score (nSPS) is 10.4. The van der Waals surface area contributed by atoms with Crippen LogP contribution in [0, 0.1) is 18.3 Å². The van der Waals surface area contributed by atoms with E-state index in [0.717, 1.165) is 0 Å². The van der Waals surface area contributed by atoms with Crippen molar-refractivity contribution in [2.75, 3.05) is 0 Å². The lowest BCUT2D eigenvalue weighted by molar-refractivity contribution is 1.25. The van der Waals surface area contributed by atoms with Gasteiger partial charge in [-0.15, -0.1) is 0 Å². The zero-order valence-corrected chi connectivity index (χ0v) is 10.5. The molecule has 0 aliphatic rings. The Morgan fingerprint density at radius 3 is 2.50 bits per heavy atom. The van der Waals surface area contributed by atoms with Crippen LogP contribution in [0.2, 0.25) is 15.1 Å². The van der Waals surface area contributed by atoms with Gasteiger partial charge in [-0.05, 0) is 19.1 Å². The Hall–Kier alpha value is -1.01. The van der Waals surface area contributed by atoms with E-state index in [2.05, 4.69) is 11.1 Å². The van der Waals surface area contributed by atoms with Crippen LogP contribution in [0.25, 0.3) is 10.9 Å². The van der Waals surface area contributed by atoms with Gasteiger partial charge in [0.05, 0.1) is 32.2 Å². The molecule has 0 atom stereocenters. The van der Waals surface area contributed by atoms with Gasteiger partial charge in [-0.3, -0.25) is 4.98 Å². The van der Waals surface area contributed by atoms with Crippen molar-refractivity contribution >= 4 is 45.7 Å². The van der Waals surface area contributed by atoms with Crippen molar-refractivity contribution in [1.82, 2.24) is 4.98 Å². The molecule has 0 N–H and O–H groups in total. The molecule has 5 heteroatoms. The maximum Gasteiger partial charge on any atom is 0.1000 e. The predicted octanol–water partition coefficient (Wildman–Crippen LogP) is 4.38. The average Bonchev–Trinajstić information content (AvgIpc) is 2.25. The minimum absolute atomic E-state index is 0.310. The Kier molecular flexibility index (Phi) is 2.94. The number of pyridine rings is 1. The van der Waals surface area contributed by atoms with E-state index in [9.17, 15) is 0 Å². The minimum atomic E-state index is 0.310. The third-order valence-electron chi connectivity index (χ3n) is 2.18. The summed E-state index contributed by atoms with van der Waals surface area (Å²) in [5.74, 6) is 0. The van der Waals surface area contributed by atoms with Crippen molar-refractivity contribution in [2.45, 2.75) is 6.92 Å². The number of fused-ring (bicyclic) bond motifs is 1. The lowest BCUT2D eigenvalue weighted by atomic mass is 10.1. The lowest BCUT2D eigenvalue weighted by Crippen LogP contribution is -1.90. The summed E-state index contributed by atoms with van der Waals surface area (Å²) in [6.45, 7) is 1.79. The molecule has 2 rings (SSSR count). The number of hydrogen-bond acceptors (Lipinski definition) is 2. The van der Waals surface area contributed by atoms with E-state index in [-0.39, 0.29) is 0 Å². The van der Waals surface area contributed by atoms with Crippen LogP contribution in [-0.4, -0.2) is 4.98 Å². The first-order chi connectivity index (χ1) is 7.54. The number of aromatic nitrogens is 1. The number of halogens is 3. The van der Waals surface area contributed by atoms with Crippen molar-refractivity contribution in [3.63, 3.8) is 0 Å². The second-order valence-corrected chi connectivity index (χ2v) is 4.49. The third kappa shape index (κ3) is 1.72. The molecule has 2 nitrogen and oxygen atoms in total. The highest BCUT2D eigenvalue weighted by Gasteiger charge is 2.14. The van der Waals surface area contributed by atoms with Gasteiger partial charge in [0.15, 0.2) is 0 Å².